The third-order valence-corrected chi connectivity index (χ3v) is 11.1. The first-order valence-electron chi connectivity index (χ1n) is 13.1. The van der Waals surface area contributed by atoms with Gasteiger partial charge in [-0.15, -0.1) is 0 Å². The largest absolute Gasteiger partial charge is 0.393 e. The maximum absolute atomic E-state index is 11.6. The van der Waals surface area contributed by atoms with Crippen LogP contribution in [0.15, 0.2) is 0 Å². The van der Waals surface area contributed by atoms with Gasteiger partial charge >= 0.3 is 0 Å². The lowest BCUT2D eigenvalue weighted by Crippen LogP contribution is -2.62. The molecule has 0 saturated heterocycles. The summed E-state index contributed by atoms with van der Waals surface area (Å²) in [5.41, 5.74) is 0.0231. The van der Waals surface area contributed by atoms with Crippen LogP contribution in [-0.4, -0.2) is 39.9 Å². The highest BCUT2D eigenvalue weighted by Crippen LogP contribution is 2.68. The van der Waals surface area contributed by atoms with Crippen LogP contribution in [-0.2, 0) is 4.79 Å². The predicted octanol–water partition coefficient (Wildman–Crippen LogP) is 4.59. The number of aldehydes is 1. The zero-order chi connectivity index (χ0) is 22.6. The number of carbonyl (C=O) groups excluding carboxylic acids is 1. The molecule has 0 heterocycles. The van der Waals surface area contributed by atoms with E-state index in [0.29, 0.717) is 29.6 Å². The van der Waals surface area contributed by atoms with E-state index >= 15 is 0 Å². The van der Waals surface area contributed by atoms with E-state index in [9.17, 15) is 20.1 Å². The van der Waals surface area contributed by atoms with E-state index in [2.05, 4.69) is 20.8 Å². The zero-order valence-electron chi connectivity index (χ0n) is 20.2. The van der Waals surface area contributed by atoms with Crippen LogP contribution >= 0.6 is 0 Å². The summed E-state index contributed by atoms with van der Waals surface area (Å²) >= 11 is 0. The molecule has 0 spiro atoms. The number of fused-ring (bicyclic) bond motifs is 5. The fourth-order valence-electron chi connectivity index (χ4n) is 9.16. The molecule has 0 amide bonds. The van der Waals surface area contributed by atoms with Gasteiger partial charge in [-0.05, 0) is 97.7 Å². The summed E-state index contributed by atoms with van der Waals surface area (Å²) in [5.74, 6) is 2.59. The van der Waals surface area contributed by atoms with E-state index in [1.807, 2.05) is 6.92 Å². The second-order valence-electron chi connectivity index (χ2n) is 12.5. The molecular weight excluding hydrogens is 388 g/mol. The SMILES string of the molecule is C[C@H](CCC[C@@H](C)C=O)[C@H]1CC[C@H]2[C@@H]3[C@H](O)C[C@@H]4C[C@H](O)CC[C@]4(C)[C@H]3C[C@H](O)[C@]12C. The van der Waals surface area contributed by atoms with Gasteiger partial charge in [0.25, 0.3) is 0 Å². The summed E-state index contributed by atoms with van der Waals surface area (Å²) in [6.07, 6.45) is 9.98. The molecule has 3 N–H and O–H groups in total. The minimum Gasteiger partial charge on any atom is -0.393 e. The smallest absolute Gasteiger partial charge is 0.122 e. The van der Waals surface area contributed by atoms with Gasteiger partial charge in [0.1, 0.15) is 6.29 Å². The van der Waals surface area contributed by atoms with Crippen molar-refractivity contribution in [3.05, 3.63) is 0 Å². The van der Waals surface area contributed by atoms with Gasteiger partial charge < -0.3 is 20.1 Å². The molecule has 4 rings (SSSR count). The topological polar surface area (TPSA) is 77.8 Å². The molecule has 178 valence electrons. The maximum atomic E-state index is 11.6. The molecule has 4 heteroatoms. The highest BCUT2D eigenvalue weighted by molar-refractivity contribution is 5.52. The van der Waals surface area contributed by atoms with E-state index in [4.69, 9.17) is 0 Å². The van der Waals surface area contributed by atoms with Gasteiger partial charge in [0.05, 0.1) is 18.3 Å². The van der Waals surface area contributed by atoms with Crippen LogP contribution in [0.5, 0.6) is 0 Å². The number of hydrogen-bond donors (Lipinski definition) is 3. The van der Waals surface area contributed by atoms with Crippen molar-refractivity contribution >= 4 is 6.29 Å². The number of aliphatic hydroxyl groups excluding tert-OH is 3. The summed E-state index contributed by atoms with van der Waals surface area (Å²) < 4.78 is 0. The van der Waals surface area contributed by atoms with Crippen LogP contribution in [0.3, 0.4) is 0 Å². The van der Waals surface area contributed by atoms with E-state index in [1.165, 1.54) is 0 Å². The predicted molar refractivity (Wildman–Crippen MR) is 122 cm³/mol. The van der Waals surface area contributed by atoms with Crippen LogP contribution in [0.4, 0.5) is 0 Å². The Morgan fingerprint density at radius 1 is 0.968 bits per heavy atom. The molecule has 0 aromatic carbocycles. The molecule has 0 bridgehead atoms. The van der Waals surface area contributed by atoms with Crippen molar-refractivity contribution in [3.8, 4) is 0 Å². The average molecular weight is 435 g/mol. The van der Waals surface area contributed by atoms with E-state index in [0.717, 1.165) is 70.5 Å². The summed E-state index contributed by atoms with van der Waals surface area (Å²) in [4.78, 5) is 11.0. The lowest BCUT2D eigenvalue weighted by atomic mass is 9.43. The molecule has 0 unspecified atom stereocenters. The van der Waals surface area contributed by atoms with Gasteiger partial charge in [0.2, 0.25) is 0 Å². The van der Waals surface area contributed by atoms with E-state index in [-0.39, 0.29) is 41.0 Å². The Bertz CT molecular complexity index is 651. The Hall–Kier alpha value is -0.450. The van der Waals surface area contributed by atoms with E-state index < -0.39 is 0 Å². The first-order chi connectivity index (χ1) is 14.6. The van der Waals surface area contributed by atoms with Gasteiger partial charge in [-0.1, -0.05) is 40.5 Å². The number of hydrogen-bond acceptors (Lipinski definition) is 4. The van der Waals surface area contributed by atoms with Crippen LogP contribution < -0.4 is 0 Å². The van der Waals surface area contributed by atoms with Gasteiger partial charge in [0.15, 0.2) is 0 Å². The standard InChI is InChI=1S/C27H46O4/c1-16(15-28)6-5-7-17(2)20-8-9-21-25-22(14-24(31)27(20,21)4)26(3)11-10-19(29)12-18(26)13-23(25)30/h15-25,29-31H,5-14H2,1-4H3/t16-,17-,18+,19-,20-,21+,22+,23-,24+,25+,26+,27-/m1/s1. The van der Waals surface area contributed by atoms with Crippen LogP contribution in [0.25, 0.3) is 0 Å². The van der Waals surface area contributed by atoms with Crippen molar-refractivity contribution in [1.82, 2.24) is 0 Å². The van der Waals surface area contributed by atoms with Crippen LogP contribution in [0.1, 0.15) is 91.9 Å². The van der Waals surface area contributed by atoms with Gasteiger partial charge in [-0.2, -0.15) is 0 Å². The number of aliphatic hydroxyl groups is 3. The third-order valence-electron chi connectivity index (χ3n) is 11.1. The minimum atomic E-state index is -0.308. The first-order valence-corrected chi connectivity index (χ1v) is 13.1. The van der Waals surface area contributed by atoms with E-state index in [1.54, 1.807) is 0 Å². The molecule has 4 saturated carbocycles. The third kappa shape index (κ3) is 3.83. The number of rotatable bonds is 6. The quantitative estimate of drug-likeness (QED) is 0.534. The molecule has 4 aliphatic rings. The average Bonchev–Trinajstić information content (AvgIpc) is 3.08. The Balaban J connectivity index is 1.53. The lowest BCUT2D eigenvalue weighted by Gasteiger charge is -2.63. The fraction of sp³-hybridized carbons (Fsp3) is 0.963. The second-order valence-corrected chi connectivity index (χ2v) is 12.5. The summed E-state index contributed by atoms with van der Waals surface area (Å²) in [5, 5.41) is 33.2. The van der Waals surface area contributed by atoms with Crippen LogP contribution in [0.2, 0.25) is 0 Å². The first kappa shape index (κ1) is 23.7. The van der Waals surface area contributed by atoms with Crippen molar-refractivity contribution < 1.29 is 20.1 Å². The summed E-state index contributed by atoms with van der Waals surface area (Å²) in [6, 6.07) is 0. The normalized spacial score (nSPS) is 51.3. The second kappa shape index (κ2) is 8.72. The highest BCUT2D eigenvalue weighted by Gasteiger charge is 2.65. The number of carbonyl (C=O) groups is 1. The Labute approximate surface area is 189 Å². The zero-order valence-corrected chi connectivity index (χ0v) is 20.2. The summed E-state index contributed by atoms with van der Waals surface area (Å²) in [7, 11) is 0. The van der Waals surface area contributed by atoms with Gasteiger partial charge in [0, 0.05) is 5.92 Å². The van der Waals surface area contributed by atoms with Gasteiger partial charge in [-0.3, -0.25) is 0 Å². The molecule has 12 atom stereocenters. The summed E-state index contributed by atoms with van der Waals surface area (Å²) in [6.45, 7) is 9.07. The highest BCUT2D eigenvalue weighted by atomic mass is 16.3. The Morgan fingerprint density at radius 2 is 1.71 bits per heavy atom. The fourth-order valence-corrected chi connectivity index (χ4v) is 9.16. The van der Waals surface area contributed by atoms with Crippen LogP contribution in [0, 0.1) is 52.3 Å². The molecule has 4 aliphatic carbocycles. The molecule has 31 heavy (non-hydrogen) atoms. The van der Waals surface area contributed by atoms with Crippen molar-refractivity contribution in [1.29, 1.82) is 0 Å². The van der Waals surface area contributed by atoms with Crippen molar-refractivity contribution in [2.45, 2.75) is 110 Å². The minimum absolute atomic E-state index is 0.116. The monoisotopic (exact) mass is 434 g/mol. The Kier molecular flexibility index (Phi) is 6.67. The molecular formula is C27H46O4. The Morgan fingerprint density at radius 3 is 2.42 bits per heavy atom. The van der Waals surface area contributed by atoms with Crippen molar-refractivity contribution in [2.24, 2.45) is 52.3 Å². The molecule has 0 radical (unpaired) electrons. The molecule has 4 fully saturated rings. The van der Waals surface area contributed by atoms with Crippen molar-refractivity contribution in [2.75, 3.05) is 0 Å². The molecule has 4 nitrogen and oxygen atoms in total. The van der Waals surface area contributed by atoms with Crippen molar-refractivity contribution in [3.63, 3.8) is 0 Å². The van der Waals surface area contributed by atoms with Gasteiger partial charge in [-0.25, -0.2) is 0 Å². The molecule has 0 aromatic heterocycles. The maximum Gasteiger partial charge on any atom is 0.122 e. The lowest BCUT2D eigenvalue weighted by molar-refractivity contribution is -0.207. The molecule has 0 aromatic rings. The molecule has 0 aliphatic heterocycles.